The van der Waals surface area contributed by atoms with E-state index in [-0.39, 0.29) is 0 Å². The molecule has 2 aromatic rings. The zero-order valence-corrected chi connectivity index (χ0v) is 31.4. The molecule has 4 heterocycles. The zero-order valence-electron chi connectivity index (χ0n) is 31.4. The molecule has 49 heavy (non-hydrogen) atoms. The first-order valence-electron chi connectivity index (χ1n) is 19.7. The third kappa shape index (κ3) is 9.13. The van der Waals surface area contributed by atoms with Crippen LogP contribution in [0.25, 0.3) is 5.70 Å². The lowest BCUT2D eigenvalue weighted by Gasteiger charge is -2.37. The van der Waals surface area contributed by atoms with E-state index in [1.165, 1.54) is 130 Å². The lowest BCUT2D eigenvalue weighted by Crippen LogP contribution is -2.34. The van der Waals surface area contributed by atoms with Crippen LogP contribution in [0.3, 0.4) is 0 Å². The van der Waals surface area contributed by atoms with Crippen molar-refractivity contribution in [3.63, 3.8) is 0 Å². The van der Waals surface area contributed by atoms with E-state index in [0.717, 1.165) is 36.8 Å². The highest BCUT2D eigenvalue weighted by molar-refractivity contribution is 5.98. The van der Waals surface area contributed by atoms with Crippen LogP contribution in [0, 0.1) is 30.1 Å². The third-order valence-electron chi connectivity index (χ3n) is 12.1. The molecule has 2 aliphatic heterocycles. The number of rotatable bonds is 10. The molecule has 5 nitrogen and oxygen atoms in total. The average Bonchev–Trinajstić information content (AvgIpc) is 3.72. The Balaban J connectivity index is 0.000000359. The molecule has 1 saturated heterocycles. The summed E-state index contributed by atoms with van der Waals surface area (Å²) in [5.74, 6) is 3.63. The van der Waals surface area contributed by atoms with E-state index in [4.69, 9.17) is 21.5 Å². The number of pyridine rings is 2. The third-order valence-corrected chi connectivity index (χ3v) is 12.1. The molecule has 4 fully saturated rings. The molecule has 0 atom stereocenters. The van der Waals surface area contributed by atoms with Crippen molar-refractivity contribution in [2.24, 2.45) is 28.2 Å². The molecule has 0 radical (unpaired) electrons. The van der Waals surface area contributed by atoms with Gasteiger partial charge in [-0.3, -0.25) is 9.98 Å². The molecule has 0 bridgehead atoms. The molecule has 2 aromatic heterocycles. The van der Waals surface area contributed by atoms with Crippen molar-refractivity contribution in [1.82, 2.24) is 14.9 Å². The van der Waals surface area contributed by atoms with Crippen LogP contribution >= 0.6 is 0 Å². The molecule has 3 saturated carbocycles. The Morgan fingerprint density at radius 2 is 1.69 bits per heavy atom. The summed E-state index contributed by atoms with van der Waals surface area (Å²) in [6, 6.07) is 9.01. The predicted octanol–water partition coefficient (Wildman–Crippen LogP) is 11.1. The maximum Gasteiger partial charge on any atom is 0.133 e. The molecule has 0 spiro atoms. The fourth-order valence-electron chi connectivity index (χ4n) is 8.59. The van der Waals surface area contributed by atoms with Gasteiger partial charge < -0.3 is 9.80 Å². The van der Waals surface area contributed by atoms with Crippen molar-refractivity contribution in [2.45, 2.75) is 130 Å². The van der Waals surface area contributed by atoms with Gasteiger partial charge in [0.15, 0.2) is 0 Å². The molecule has 0 N–H and O–H groups in total. The van der Waals surface area contributed by atoms with E-state index in [1.54, 1.807) is 0 Å². The van der Waals surface area contributed by atoms with E-state index < -0.39 is 0 Å². The van der Waals surface area contributed by atoms with Gasteiger partial charge in [-0.15, -0.1) is 0 Å². The quantitative estimate of drug-likeness (QED) is 0.254. The number of aryl methyl sites for hydroxylation is 2. The SMILES string of the molecule is C=C(C)N1CCC(C)(C)C1.C=C(C1CCCCC1)N(CC1CCC(c2ccc(CC)c(C)n2)CC1)c1cc(C2=CCC(C3CC3)=N2)ccn1. The number of aromatic nitrogens is 2. The second kappa shape index (κ2) is 15.8. The van der Waals surface area contributed by atoms with E-state index in [9.17, 15) is 0 Å². The minimum absolute atomic E-state index is 0.513. The van der Waals surface area contributed by atoms with Gasteiger partial charge in [0.1, 0.15) is 5.82 Å². The lowest BCUT2D eigenvalue weighted by molar-refractivity contribution is 0.320. The van der Waals surface area contributed by atoms with Gasteiger partial charge in [0.05, 0.1) is 5.70 Å². The fraction of sp³-hybridized carbons (Fsp3) is 0.614. The van der Waals surface area contributed by atoms with Crippen LogP contribution < -0.4 is 4.90 Å². The highest BCUT2D eigenvalue weighted by Crippen LogP contribution is 2.40. The lowest BCUT2D eigenvalue weighted by atomic mass is 9.79. The Morgan fingerprint density at radius 3 is 2.31 bits per heavy atom. The van der Waals surface area contributed by atoms with Crippen LogP contribution in [-0.2, 0) is 6.42 Å². The number of nitrogens with zero attached hydrogens (tertiary/aromatic N) is 5. The van der Waals surface area contributed by atoms with Crippen molar-refractivity contribution in [2.75, 3.05) is 24.5 Å². The molecule has 5 heteroatoms. The van der Waals surface area contributed by atoms with Crippen LogP contribution in [0.5, 0.6) is 0 Å². The maximum absolute atomic E-state index is 5.03. The van der Waals surface area contributed by atoms with Crippen molar-refractivity contribution in [3.05, 3.63) is 83.6 Å². The van der Waals surface area contributed by atoms with Gasteiger partial charge in [-0.05, 0) is 125 Å². The minimum atomic E-state index is 0.513. The first-order valence-corrected chi connectivity index (χ1v) is 19.7. The van der Waals surface area contributed by atoms with E-state index in [1.807, 2.05) is 6.20 Å². The Labute approximate surface area is 298 Å². The summed E-state index contributed by atoms with van der Waals surface area (Å²) < 4.78 is 0. The first kappa shape index (κ1) is 35.6. The van der Waals surface area contributed by atoms with Gasteiger partial charge in [0.2, 0.25) is 0 Å². The van der Waals surface area contributed by atoms with Gasteiger partial charge in [-0.2, -0.15) is 0 Å². The second-order valence-electron chi connectivity index (χ2n) is 16.6. The average molecular weight is 662 g/mol. The Kier molecular flexibility index (Phi) is 11.5. The molecule has 0 unspecified atom stereocenters. The van der Waals surface area contributed by atoms with Crippen LogP contribution in [0.4, 0.5) is 5.82 Å². The molecular formula is C44H63N5. The largest absolute Gasteiger partial charge is 0.375 e. The molecule has 0 amide bonds. The maximum atomic E-state index is 5.03. The summed E-state index contributed by atoms with van der Waals surface area (Å²) in [5, 5.41) is 0. The summed E-state index contributed by atoms with van der Waals surface area (Å²) in [5.41, 5.74) is 10.6. The highest BCUT2D eigenvalue weighted by Gasteiger charge is 2.31. The van der Waals surface area contributed by atoms with Gasteiger partial charge in [0, 0.05) is 72.2 Å². The molecule has 5 aliphatic rings. The monoisotopic (exact) mass is 662 g/mol. The Bertz CT molecular complexity index is 1530. The normalized spacial score (nSPS) is 23.7. The van der Waals surface area contributed by atoms with Crippen LogP contribution in [-0.4, -0.2) is 40.2 Å². The summed E-state index contributed by atoms with van der Waals surface area (Å²) in [7, 11) is 0. The minimum Gasteiger partial charge on any atom is -0.375 e. The summed E-state index contributed by atoms with van der Waals surface area (Å²) in [4.78, 5) is 19.8. The van der Waals surface area contributed by atoms with Gasteiger partial charge in [-0.25, -0.2) is 4.98 Å². The Morgan fingerprint density at radius 1 is 0.959 bits per heavy atom. The molecule has 3 aliphatic carbocycles. The molecule has 7 rings (SSSR count). The van der Waals surface area contributed by atoms with Crippen LogP contribution in [0.2, 0.25) is 0 Å². The zero-order chi connectivity index (χ0) is 34.5. The van der Waals surface area contributed by atoms with E-state index in [0.29, 0.717) is 23.2 Å². The topological polar surface area (TPSA) is 44.6 Å². The Hall–Kier alpha value is -3.21. The summed E-state index contributed by atoms with van der Waals surface area (Å²) >= 11 is 0. The van der Waals surface area contributed by atoms with E-state index >= 15 is 0 Å². The number of hydrogen-bond acceptors (Lipinski definition) is 5. The number of hydrogen-bond donors (Lipinski definition) is 0. The van der Waals surface area contributed by atoms with Crippen molar-refractivity contribution in [3.8, 4) is 0 Å². The highest BCUT2D eigenvalue weighted by atomic mass is 15.2. The number of anilines is 1. The number of aliphatic imine (C=N–C) groups is 1. The van der Waals surface area contributed by atoms with Gasteiger partial charge in [0.25, 0.3) is 0 Å². The molecule has 0 aromatic carbocycles. The molecule has 264 valence electrons. The van der Waals surface area contributed by atoms with E-state index in [2.05, 4.69) is 81.3 Å². The smallest absolute Gasteiger partial charge is 0.133 e. The van der Waals surface area contributed by atoms with Gasteiger partial charge >= 0.3 is 0 Å². The van der Waals surface area contributed by atoms with Crippen molar-refractivity contribution in [1.29, 1.82) is 0 Å². The van der Waals surface area contributed by atoms with Crippen LogP contribution in [0.1, 0.15) is 140 Å². The number of allylic oxidation sites excluding steroid dienone is 3. The van der Waals surface area contributed by atoms with Crippen LogP contribution in [0.15, 0.2) is 66.1 Å². The van der Waals surface area contributed by atoms with Crippen molar-refractivity contribution < 1.29 is 0 Å². The molecular weight excluding hydrogens is 599 g/mol. The van der Waals surface area contributed by atoms with Crippen molar-refractivity contribution >= 4 is 17.2 Å². The van der Waals surface area contributed by atoms with Gasteiger partial charge in [-0.1, -0.05) is 65.3 Å². The second-order valence-corrected chi connectivity index (χ2v) is 16.6. The standard InChI is InChI=1S/C35H46N4.C9H17N/c1-4-27-16-17-32(37-24(27)2)29-12-10-26(11-13-29)23-39(25(3)28-8-6-5-7-9-28)35-22-31(20-21-36-35)34-19-18-33(38-34)30-14-15-30;1-8(2)10-6-5-9(3,4)7-10/h16-17,19-22,26,28-30H,3-15,18,23H2,1-2H3;1,5-7H2,2-4H3. The summed E-state index contributed by atoms with van der Waals surface area (Å²) in [6.45, 7) is 23.1. The fourth-order valence-corrected chi connectivity index (χ4v) is 8.59. The summed E-state index contributed by atoms with van der Waals surface area (Å²) in [6.07, 6.45) is 21.8. The first-order chi connectivity index (χ1) is 23.6. The number of likely N-dealkylation sites (tertiary alicyclic amines) is 1. The predicted molar refractivity (Wildman–Crippen MR) is 208 cm³/mol.